The Kier molecular flexibility index (Phi) is 9.29. The van der Waals surface area contributed by atoms with Crippen LogP contribution >= 0.6 is 0 Å². The van der Waals surface area contributed by atoms with E-state index < -0.39 is 0 Å². The van der Waals surface area contributed by atoms with Crippen LogP contribution in [0.3, 0.4) is 0 Å². The first-order valence-corrected chi connectivity index (χ1v) is 9.20. The van der Waals surface area contributed by atoms with Crippen LogP contribution < -0.4 is 10.6 Å². The van der Waals surface area contributed by atoms with Crippen LogP contribution in [0.5, 0.6) is 0 Å². The standard InChI is InChI=1S/C10H17NO4.C6H11N.C2H6/c1-8-5-11-6-9(8)10(13)15-4-2-3-14-7-12;1-6-2-5(3-6)7-4-6;1-2/h7-9,11H,2-6H2,1H3;5,7H,2-4H2,1H3;1-2H3/t8?,9-;;/m1../s1. The van der Waals surface area contributed by atoms with Crippen molar-refractivity contribution in [1.82, 2.24) is 10.6 Å². The first kappa shape index (κ1) is 20.9. The Morgan fingerprint density at radius 3 is 2.38 bits per heavy atom. The molecule has 0 aromatic heterocycles. The van der Waals surface area contributed by atoms with Gasteiger partial charge in [0.1, 0.15) is 0 Å². The summed E-state index contributed by atoms with van der Waals surface area (Å²) >= 11 is 0. The number of nitrogens with one attached hydrogen (secondary N) is 2. The van der Waals surface area contributed by atoms with Gasteiger partial charge >= 0.3 is 5.97 Å². The molecule has 6 nitrogen and oxygen atoms in total. The van der Waals surface area contributed by atoms with E-state index >= 15 is 0 Å². The largest absolute Gasteiger partial charge is 0.468 e. The van der Waals surface area contributed by atoms with Gasteiger partial charge in [0.05, 0.1) is 19.1 Å². The van der Waals surface area contributed by atoms with E-state index in [1.54, 1.807) is 0 Å². The minimum Gasteiger partial charge on any atom is -0.468 e. The fraction of sp³-hybridized carbons (Fsp3) is 0.889. The van der Waals surface area contributed by atoms with E-state index in [1.165, 1.54) is 19.4 Å². The Morgan fingerprint density at radius 2 is 1.96 bits per heavy atom. The van der Waals surface area contributed by atoms with Crippen molar-refractivity contribution in [2.24, 2.45) is 17.3 Å². The maximum Gasteiger partial charge on any atom is 0.310 e. The summed E-state index contributed by atoms with van der Waals surface area (Å²) in [6, 6.07) is 0.907. The summed E-state index contributed by atoms with van der Waals surface area (Å²) in [5.41, 5.74) is 0.727. The van der Waals surface area contributed by atoms with Crippen LogP contribution in [0.25, 0.3) is 0 Å². The molecule has 1 unspecified atom stereocenters. The van der Waals surface area contributed by atoms with Gasteiger partial charge in [-0.1, -0.05) is 27.7 Å². The maximum atomic E-state index is 11.5. The Hall–Kier alpha value is -1.14. The summed E-state index contributed by atoms with van der Waals surface area (Å²) in [6.45, 7) is 12.2. The molecule has 2 bridgehead atoms. The van der Waals surface area contributed by atoms with Crippen molar-refractivity contribution in [3.8, 4) is 0 Å². The van der Waals surface area contributed by atoms with Gasteiger partial charge in [0, 0.05) is 25.6 Å². The first-order valence-electron chi connectivity index (χ1n) is 9.20. The normalized spacial score (nSPS) is 32.4. The van der Waals surface area contributed by atoms with E-state index in [0.717, 1.165) is 18.0 Å². The predicted molar refractivity (Wildman–Crippen MR) is 93.6 cm³/mol. The van der Waals surface area contributed by atoms with E-state index in [-0.39, 0.29) is 11.9 Å². The molecular formula is C18H34N2O4. The summed E-state index contributed by atoms with van der Waals surface area (Å²) in [7, 11) is 0. The van der Waals surface area contributed by atoms with Crippen molar-refractivity contribution in [2.45, 2.75) is 53.0 Å². The minimum absolute atomic E-state index is 0.0306. The lowest BCUT2D eigenvalue weighted by atomic mass is 9.72. The number of ether oxygens (including phenoxy) is 2. The average molecular weight is 342 g/mol. The second kappa shape index (κ2) is 10.7. The fourth-order valence-electron chi connectivity index (χ4n) is 3.41. The lowest BCUT2D eigenvalue weighted by Crippen LogP contribution is -2.30. The molecule has 1 saturated carbocycles. The minimum atomic E-state index is -0.154. The van der Waals surface area contributed by atoms with Crippen LogP contribution in [0.4, 0.5) is 0 Å². The number of hydrogen-bond donors (Lipinski definition) is 2. The third-order valence-electron chi connectivity index (χ3n) is 4.84. The highest BCUT2D eigenvalue weighted by Gasteiger charge is 2.46. The van der Waals surface area contributed by atoms with Crippen molar-refractivity contribution >= 4 is 12.4 Å². The van der Waals surface area contributed by atoms with Gasteiger partial charge in [0.15, 0.2) is 0 Å². The monoisotopic (exact) mass is 342 g/mol. The van der Waals surface area contributed by atoms with Gasteiger partial charge in [0.25, 0.3) is 6.47 Å². The zero-order valence-electron chi connectivity index (χ0n) is 15.6. The molecule has 4 aliphatic rings. The molecule has 0 aromatic carbocycles. The quantitative estimate of drug-likeness (QED) is 0.435. The number of carbonyl (C=O) groups is 2. The zero-order valence-corrected chi connectivity index (χ0v) is 15.6. The van der Waals surface area contributed by atoms with Gasteiger partial charge in [-0.15, -0.1) is 0 Å². The molecule has 2 atom stereocenters. The van der Waals surface area contributed by atoms with Gasteiger partial charge in [-0.2, -0.15) is 0 Å². The Balaban J connectivity index is 0.000000262. The van der Waals surface area contributed by atoms with Crippen molar-refractivity contribution in [1.29, 1.82) is 0 Å². The third-order valence-corrected chi connectivity index (χ3v) is 4.84. The second-order valence-corrected chi connectivity index (χ2v) is 7.03. The topological polar surface area (TPSA) is 76.7 Å². The molecule has 24 heavy (non-hydrogen) atoms. The van der Waals surface area contributed by atoms with Crippen LogP contribution in [0.2, 0.25) is 0 Å². The maximum absolute atomic E-state index is 11.5. The molecule has 0 spiro atoms. The van der Waals surface area contributed by atoms with E-state index in [9.17, 15) is 9.59 Å². The highest BCUT2D eigenvalue weighted by Crippen LogP contribution is 2.45. The van der Waals surface area contributed by atoms with E-state index in [4.69, 9.17) is 4.74 Å². The molecule has 0 radical (unpaired) electrons. The number of hydrogen-bond acceptors (Lipinski definition) is 6. The summed E-state index contributed by atoms with van der Waals surface area (Å²) < 4.78 is 9.55. The molecule has 140 valence electrons. The molecule has 6 heteroatoms. The molecule has 4 rings (SSSR count). The Labute approximate surface area is 146 Å². The van der Waals surface area contributed by atoms with Crippen LogP contribution in [0.15, 0.2) is 0 Å². The summed E-state index contributed by atoms with van der Waals surface area (Å²) in [5.74, 6) is 0.152. The zero-order chi connectivity index (χ0) is 18.0. The molecule has 0 aromatic rings. The lowest BCUT2D eigenvalue weighted by Gasteiger charge is -2.32. The van der Waals surface area contributed by atoms with Crippen molar-refractivity contribution in [3.05, 3.63) is 0 Å². The summed E-state index contributed by atoms with van der Waals surface area (Å²) in [5, 5.41) is 6.58. The number of esters is 1. The van der Waals surface area contributed by atoms with Crippen molar-refractivity contribution < 1.29 is 19.1 Å². The fourth-order valence-corrected chi connectivity index (χ4v) is 3.41. The molecular weight excluding hydrogens is 308 g/mol. The molecule has 0 amide bonds. The predicted octanol–water partition coefficient (Wildman–Crippen LogP) is 1.73. The number of rotatable bonds is 6. The number of fused-ring (bicyclic) bond motifs is 1. The van der Waals surface area contributed by atoms with Gasteiger partial charge in [0.2, 0.25) is 0 Å². The van der Waals surface area contributed by atoms with Crippen molar-refractivity contribution in [3.63, 3.8) is 0 Å². The number of carbonyl (C=O) groups excluding carboxylic acids is 2. The molecule has 4 fully saturated rings. The SMILES string of the molecule is CC.CC12CNC(C1)C2.CC1CNC[C@H]1C(=O)OCCCOC=O. The van der Waals surface area contributed by atoms with Gasteiger partial charge in [-0.3, -0.25) is 9.59 Å². The Bertz CT molecular complexity index is 378. The smallest absolute Gasteiger partial charge is 0.310 e. The second-order valence-electron chi connectivity index (χ2n) is 7.03. The van der Waals surface area contributed by atoms with Crippen LogP contribution in [0.1, 0.15) is 47.0 Å². The summed E-state index contributed by atoms with van der Waals surface area (Å²) in [6.07, 6.45) is 3.43. The van der Waals surface area contributed by atoms with Crippen molar-refractivity contribution in [2.75, 3.05) is 32.8 Å². The molecule has 3 aliphatic heterocycles. The van der Waals surface area contributed by atoms with Crippen LogP contribution in [-0.4, -0.2) is 51.3 Å². The molecule has 1 aliphatic carbocycles. The van der Waals surface area contributed by atoms with Gasteiger partial charge < -0.3 is 20.1 Å². The van der Waals surface area contributed by atoms with E-state index in [0.29, 0.717) is 38.6 Å². The highest BCUT2D eigenvalue weighted by atomic mass is 16.5. The Morgan fingerprint density at radius 1 is 1.25 bits per heavy atom. The first-order chi connectivity index (χ1) is 11.5. The molecule has 3 heterocycles. The van der Waals surface area contributed by atoms with Gasteiger partial charge in [-0.05, 0) is 30.7 Å². The lowest BCUT2D eigenvalue weighted by molar-refractivity contribution is -0.149. The third kappa shape index (κ3) is 6.40. The van der Waals surface area contributed by atoms with Crippen LogP contribution in [0, 0.1) is 17.3 Å². The highest BCUT2D eigenvalue weighted by molar-refractivity contribution is 5.73. The van der Waals surface area contributed by atoms with Gasteiger partial charge in [-0.25, -0.2) is 0 Å². The van der Waals surface area contributed by atoms with E-state index in [2.05, 4.69) is 22.3 Å². The summed E-state index contributed by atoms with van der Waals surface area (Å²) in [4.78, 5) is 21.3. The molecule has 2 N–H and O–H groups in total. The van der Waals surface area contributed by atoms with E-state index in [1.807, 2.05) is 20.8 Å². The average Bonchev–Trinajstić information content (AvgIpc) is 3.24. The molecule has 3 saturated heterocycles. The van der Waals surface area contributed by atoms with Crippen LogP contribution in [-0.2, 0) is 19.1 Å².